The Morgan fingerprint density at radius 2 is 2.12 bits per heavy atom. The largest absolute Gasteiger partial charge is 0.368 e. The van der Waals surface area contributed by atoms with Crippen molar-refractivity contribution < 1.29 is 4.79 Å². The zero-order chi connectivity index (χ0) is 18.4. The van der Waals surface area contributed by atoms with Gasteiger partial charge in [0.2, 0.25) is 5.78 Å². The van der Waals surface area contributed by atoms with Crippen molar-refractivity contribution >= 4 is 17.5 Å². The lowest BCUT2D eigenvalue weighted by molar-refractivity contribution is 0.0951. The van der Waals surface area contributed by atoms with E-state index in [4.69, 9.17) is 0 Å². The summed E-state index contributed by atoms with van der Waals surface area (Å²) in [7, 11) is 0. The monoisotopic (exact) mass is 353 g/mol. The topological polar surface area (TPSA) is 97.1 Å². The summed E-state index contributed by atoms with van der Waals surface area (Å²) in [6.07, 6.45) is 8.19. The van der Waals surface area contributed by atoms with E-state index in [1.54, 1.807) is 29.1 Å². The van der Waals surface area contributed by atoms with Crippen LogP contribution in [0, 0.1) is 6.92 Å². The summed E-state index contributed by atoms with van der Waals surface area (Å²) < 4.78 is 1.72. The van der Waals surface area contributed by atoms with Crippen LogP contribution in [0.2, 0.25) is 0 Å². The van der Waals surface area contributed by atoms with Gasteiger partial charge in [-0.25, -0.2) is 19.9 Å². The van der Waals surface area contributed by atoms with Crippen molar-refractivity contribution in [3.63, 3.8) is 0 Å². The number of nitrogens with zero attached hydrogens (tertiary/aromatic N) is 5. The molecular formula is C18H23N7O. The Morgan fingerprint density at radius 3 is 2.92 bits per heavy atom. The van der Waals surface area contributed by atoms with Crippen LogP contribution in [0.1, 0.15) is 41.8 Å². The van der Waals surface area contributed by atoms with Gasteiger partial charge in [-0.15, -0.1) is 0 Å². The number of amides is 1. The van der Waals surface area contributed by atoms with E-state index in [0.29, 0.717) is 24.6 Å². The van der Waals surface area contributed by atoms with Crippen LogP contribution in [-0.4, -0.2) is 43.3 Å². The molecule has 0 radical (unpaired) electrons. The molecule has 3 aromatic heterocycles. The van der Waals surface area contributed by atoms with Crippen LogP contribution in [0.5, 0.6) is 0 Å². The van der Waals surface area contributed by atoms with Crippen molar-refractivity contribution in [1.82, 2.24) is 29.7 Å². The normalized spacial score (nSPS) is 10.8. The van der Waals surface area contributed by atoms with Gasteiger partial charge >= 0.3 is 0 Å². The number of unbranched alkanes of at least 4 members (excludes halogenated alkanes) is 1. The molecule has 0 bridgehead atoms. The maximum absolute atomic E-state index is 12.2. The van der Waals surface area contributed by atoms with Gasteiger partial charge in [0.15, 0.2) is 0 Å². The van der Waals surface area contributed by atoms with E-state index in [-0.39, 0.29) is 5.91 Å². The highest BCUT2D eigenvalue weighted by Crippen LogP contribution is 2.08. The molecule has 0 aromatic carbocycles. The molecular weight excluding hydrogens is 330 g/mol. The lowest BCUT2D eigenvalue weighted by Gasteiger charge is -2.09. The summed E-state index contributed by atoms with van der Waals surface area (Å²) in [5.74, 6) is 1.93. The first kappa shape index (κ1) is 17.8. The van der Waals surface area contributed by atoms with E-state index in [2.05, 4.69) is 37.5 Å². The molecule has 3 aromatic rings. The maximum atomic E-state index is 12.2. The van der Waals surface area contributed by atoms with Crippen LogP contribution < -0.4 is 10.6 Å². The first-order chi connectivity index (χ1) is 12.7. The average molecular weight is 353 g/mol. The number of hydrogen-bond acceptors (Lipinski definition) is 6. The molecule has 3 heterocycles. The van der Waals surface area contributed by atoms with Gasteiger partial charge in [0.1, 0.15) is 17.3 Å². The second kappa shape index (κ2) is 8.37. The number of fused-ring (bicyclic) bond motifs is 1. The zero-order valence-electron chi connectivity index (χ0n) is 15.1. The second-order valence-electron chi connectivity index (χ2n) is 6.05. The number of rotatable bonds is 8. The van der Waals surface area contributed by atoms with Crippen molar-refractivity contribution in [2.24, 2.45) is 0 Å². The number of aryl methyl sites for hydroxylation is 2. The molecule has 8 nitrogen and oxygen atoms in total. The zero-order valence-corrected chi connectivity index (χ0v) is 15.1. The van der Waals surface area contributed by atoms with Crippen LogP contribution in [-0.2, 0) is 6.42 Å². The van der Waals surface area contributed by atoms with E-state index >= 15 is 0 Å². The minimum absolute atomic E-state index is 0.222. The molecule has 26 heavy (non-hydrogen) atoms. The molecule has 0 aliphatic carbocycles. The minimum Gasteiger partial charge on any atom is -0.368 e. The number of hydrogen-bond donors (Lipinski definition) is 2. The van der Waals surface area contributed by atoms with Crippen molar-refractivity contribution in [3.05, 3.63) is 47.9 Å². The molecule has 0 aliphatic rings. The molecule has 3 rings (SSSR count). The molecule has 0 fully saturated rings. The highest BCUT2D eigenvalue weighted by Gasteiger charge is 2.10. The average Bonchev–Trinajstić information content (AvgIpc) is 3.07. The Kier molecular flexibility index (Phi) is 5.73. The minimum atomic E-state index is -0.222. The van der Waals surface area contributed by atoms with Crippen LogP contribution in [0.25, 0.3) is 5.78 Å². The molecule has 0 saturated heterocycles. The van der Waals surface area contributed by atoms with Gasteiger partial charge in [-0.1, -0.05) is 13.3 Å². The first-order valence-electron chi connectivity index (χ1n) is 8.82. The Labute approximate surface area is 152 Å². The Balaban J connectivity index is 1.50. The van der Waals surface area contributed by atoms with Gasteiger partial charge in [0.05, 0.1) is 0 Å². The molecule has 8 heteroatoms. The van der Waals surface area contributed by atoms with Gasteiger partial charge < -0.3 is 10.6 Å². The summed E-state index contributed by atoms with van der Waals surface area (Å²) in [5, 5.41) is 6.08. The van der Waals surface area contributed by atoms with Crippen molar-refractivity contribution in [2.45, 2.75) is 33.1 Å². The maximum Gasteiger partial charge on any atom is 0.271 e. The third kappa shape index (κ3) is 4.53. The number of anilines is 1. The van der Waals surface area contributed by atoms with Crippen molar-refractivity contribution in [3.8, 4) is 0 Å². The molecule has 136 valence electrons. The summed E-state index contributed by atoms with van der Waals surface area (Å²) in [6.45, 7) is 5.15. The second-order valence-corrected chi connectivity index (χ2v) is 6.05. The fourth-order valence-corrected chi connectivity index (χ4v) is 2.56. The molecule has 1 amide bonds. The summed E-state index contributed by atoms with van der Waals surface area (Å²) in [5.41, 5.74) is 1.29. The molecule has 0 atom stereocenters. The molecule has 0 aliphatic heterocycles. The number of nitrogens with one attached hydrogen (secondary N) is 2. The van der Waals surface area contributed by atoms with E-state index in [1.807, 2.05) is 13.0 Å². The molecule has 0 unspecified atom stereocenters. The van der Waals surface area contributed by atoms with Crippen molar-refractivity contribution in [1.29, 1.82) is 0 Å². The SMILES string of the molecule is CCCCc1nc(C)cc(NCCNC(=O)c2cn3cccnc3n2)n1. The first-order valence-corrected chi connectivity index (χ1v) is 8.82. The van der Waals surface area contributed by atoms with Crippen LogP contribution in [0.3, 0.4) is 0 Å². The van der Waals surface area contributed by atoms with Gasteiger partial charge in [-0.05, 0) is 19.4 Å². The third-order valence-corrected chi connectivity index (χ3v) is 3.84. The standard InChI is InChI=1S/C18H23N7O/c1-3-4-6-15-22-13(2)11-16(24-15)19-8-9-20-17(26)14-12-25-10-5-7-21-18(25)23-14/h5,7,10-12H,3-4,6,8-9H2,1-2H3,(H,20,26)(H,19,22,24). The predicted molar refractivity (Wildman–Crippen MR) is 99.2 cm³/mol. The Bertz CT molecular complexity index is 857. The molecule has 2 N–H and O–H groups in total. The molecule has 0 spiro atoms. The van der Waals surface area contributed by atoms with E-state index < -0.39 is 0 Å². The fourth-order valence-electron chi connectivity index (χ4n) is 2.56. The highest BCUT2D eigenvalue weighted by molar-refractivity contribution is 5.92. The number of aromatic nitrogens is 5. The Hall–Kier alpha value is -3.03. The number of imidazole rings is 1. The van der Waals surface area contributed by atoms with Crippen LogP contribution in [0.15, 0.2) is 30.7 Å². The fraction of sp³-hybridized carbons (Fsp3) is 0.389. The highest BCUT2D eigenvalue weighted by atomic mass is 16.1. The smallest absolute Gasteiger partial charge is 0.271 e. The van der Waals surface area contributed by atoms with Crippen LogP contribution in [0.4, 0.5) is 5.82 Å². The summed E-state index contributed by atoms with van der Waals surface area (Å²) >= 11 is 0. The lowest BCUT2D eigenvalue weighted by atomic mass is 10.2. The van der Waals surface area contributed by atoms with E-state index in [1.165, 1.54) is 0 Å². The van der Waals surface area contributed by atoms with Gasteiger partial charge in [-0.3, -0.25) is 9.20 Å². The van der Waals surface area contributed by atoms with Crippen molar-refractivity contribution in [2.75, 3.05) is 18.4 Å². The van der Waals surface area contributed by atoms with E-state index in [0.717, 1.165) is 36.6 Å². The Morgan fingerprint density at radius 1 is 1.23 bits per heavy atom. The van der Waals surface area contributed by atoms with Gasteiger partial charge in [0, 0.05) is 49.9 Å². The number of carbonyl (C=O) groups is 1. The third-order valence-electron chi connectivity index (χ3n) is 3.84. The summed E-state index contributed by atoms with van der Waals surface area (Å²) in [4.78, 5) is 29.5. The van der Waals surface area contributed by atoms with Crippen LogP contribution >= 0.6 is 0 Å². The molecule has 0 saturated carbocycles. The number of carbonyl (C=O) groups excluding carboxylic acids is 1. The van der Waals surface area contributed by atoms with Gasteiger partial charge in [0.25, 0.3) is 5.91 Å². The van der Waals surface area contributed by atoms with E-state index in [9.17, 15) is 4.79 Å². The quantitative estimate of drug-likeness (QED) is 0.601. The predicted octanol–water partition coefficient (Wildman–Crippen LogP) is 2.01. The van der Waals surface area contributed by atoms with Gasteiger partial charge in [-0.2, -0.15) is 0 Å². The summed E-state index contributed by atoms with van der Waals surface area (Å²) in [6, 6.07) is 3.70. The lowest BCUT2D eigenvalue weighted by Crippen LogP contribution is -2.29.